The highest BCUT2D eigenvalue weighted by Gasteiger charge is 2.04. The van der Waals surface area contributed by atoms with Gasteiger partial charge in [0.25, 0.3) is 5.91 Å². The van der Waals surface area contributed by atoms with Crippen LogP contribution in [0.1, 0.15) is 5.56 Å². The molecule has 0 aliphatic heterocycles. The van der Waals surface area contributed by atoms with Crippen molar-refractivity contribution in [1.29, 1.82) is 0 Å². The van der Waals surface area contributed by atoms with Gasteiger partial charge in [-0.3, -0.25) is 4.79 Å². The van der Waals surface area contributed by atoms with Crippen LogP contribution in [0.2, 0.25) is 0 Å². The second-order valence-electron chi connectivity index (χ2n) is 5.31. The molecule has 3 aromatic rings. The SMILES string of the molecule is O=C(COc1cccc(F)c1)NCCc1ccc2[nH]c(=O)[nH]c2c1. The van der Waals surface area contributed by atoms with Crippen LogP contribution >= 0.6 is 0 Å². The van der Waals surface area contributed by atoms with E-state index in [4.69, 9.17) is 4.74 Å². The van der Waals surface area contributed by atoms with Crippen LogP contribution < -0.4 is 15.7 Å². The Bertz CT molecular complexity index is 917. The van der Waals surface area contributed by atoms with Crippen molar-refractivity contribution in [2.45, 2.75) is 6.42 Å². The van der Waals surface area contributed by atoms with Gasteiger partial charge in [0.05, 0.1) is 11.0 Å². The van der Waals surface area contributed by atoms with Gasteiger partial charge in [-0.05, 0) is 36.2 Å². The molecule has 1 heterocycles. The largest absolute Gasteiger partial charge is 0.484 e. The summed E-state index contributed by atoms with van der Waals surface area (Å²) >= 11 is 0. The van der Waals surface area contributed by atoms with Gasteiger partial charge < -0.3 is 20.0 Å². The first-order valence-corrected chi connectivity index (χ1v) is 7.46. The van der Waals surface area contributed by atoms with E-state index in [1.165, 1.54) is 18.2 Å². The quantitative estimate of drug-likeness (QED) is 0.644. The fourth-order valence-electron chi connectivity index (χ4n) is 2.34. The Morgan fingerprint density at radius 3 is 2.79 bits per heavy atom. The summed E-state index contributed by atoms with van der Waals surface area (Å²) in [4.78, 5) is 28.3. The van der Waals surface area contributed by atoms with Crippen molar-refractivity contribution in [1.82, 2.24) is 15.3 Å². The van der Waals surface area contributed by atoms with Crippen LogP contribution in [-0.4, -0.2) is 29.0 Å². The summed E-state index contributed by atoms with van der Waals surface area (Å²) in [6.07, 6.45) is 0.620. The summed E-state index contributed by atoms with van der Waals surface area (Å²) in [5.74, 6) is -0.381. The molecule has 0 atom stereocenters. The highest BCUT2D eigenvalue weighted by atomic mass is 19.1. The molecule has 2 aromatic carbocycles. The second-order valence-corrected chi connectivity index (χ2v) is 5.31. The molecule has 6 nitrogen and oxygen atoms in total. The lowest BCUT2D eigenvalue weighted by atomic mass is 10.1. The third kappa shape index (κ3) is 4.01. The van der Waals surface area contributed by atoms with Crippen molar-refractivity contribution in [3.63, 3.8) is 0 Å². The maximum Gasteiger partial charge on any atom is 0.323 e. The van der Waals surface area contributed by atoms with Crippen molar-refractivity contribution >= 4 is 16.9 Å². The van der Waals surface area contributed by atoms with Gasteiger partial charge in [-0.15, -0.1) is 0 Å². The molecular formula is C17H16FN3O3. The fourth-order valence-corrected chi connectivity index (χ4v) is 2.34. The van der Waals surface area contributed by atoms with Crippen LogP contribution in [0.4, 0.5) is 4.39 Å². The van der Waals surface area contributed by atoms with Gasteiger partial charge in [0.2, 0.25) is 0 Å². The number of imidazole rings is 1. The molecule has 1 amide bonds. The van der Waals surface area contributed by atoms with Gasteiger partial charge >= 0.3 is 5.69 Å². The molecular weight excluding hydrogens is 313 g/mol. The Morgan fingerprint density at radius 2 is 1.96 bits per heavy atom. The van der Waals surface area contributed by atoms with E-state index in [0.717, 1.165) is 16.6 Å². The van der Waals surface area contributed by atoms with E-state index in [1.54, 1.807) is 6.07 Å². The highest BCUT2D eigenvalue weighted by molar-refractivity contribution is 5.77. The van der Waals surface area contributed by atoms with Crippen LogP contribution in [0.5, 0.6) is 5.75 Å². The number of H-pyrrole nitrogens is 2. The number of halogens is 1. The van der Waals surface area contributed by atoms with Crippen molar-refractivity contribution in [2.24, 2.45) is 0 Å². The first-order chi connectivity index (χ1) is 11.6. The molecule has 0 bridgehead atoms. The highest BCUT2D eigenvalue weighted by Crippen LogP contribution is 2.12. The lowest BCUT2D eigenvalue weighted by molar-refractivity contribution is -0.123. The molecule has 0 fully saturated rings. The average Bonchev–Trinajstić information content (AvgIpc) is 2.92. The third-order valence-electron chi connectivity index (χ3n) is 3.48. The Balaban J connectivity index is 1.46. The zero-order valence-electron chi connectivity index (χ0n) is 12.8. The van der Waals surface area contributed by atoms with Gasteiger partial charge in [0.15, 0.2) is 6.61 Å². The summed E-state index contributed by atoms with van der Waals surface area (Å²) in [5, 5.41) is 2.73. The summed E-state index contributed by atoms with van der Waals surface area (Å²) < 4.78 is 18.2. The topological polar surface area (TPSA) is 87.0 Å². The van der Waals surface area contributed by atoms with E-state index in [-0.39, 0.29) is 18.2 Å². The lowest BCUT2D eigenvalue weighted by Crippen LogP contribution is -2.30. The van der Waals surface area contributed by atoms with E-state index >= 15 is 0 Å². The summed E-state index contributed by atoms with van der Waals surface area (Å²) in [7, 11) is 0. The number of nitrogens with one attached hydrogen (secondary N) is 3. The fraction of sp³-hybridized carbons (Fsp3) is 0.176. The Morgan fingerprint density at radius 1 is 1.12 bits per heavy atom. The third-order valence-corrected chi connectivity index (χ3v) is 3.48. The zero-order valence-corrected chi connectivity index (χ0v) is 12.8. The number of amides is 1. The van der Waals surface area contributed by atoms with Gasteiger partial charge in [-0.25, -0.2) is 9.18 Å². The van der Waals surface area contributed by atoms with Crippen molar-refractivity contribution in [3.05, 3.63) is 64.3 Å². The minimum Gasteiger partial charge on any atom is -0.484 e. The van der Waals surface area contributed by atoms with E-state index in [1.807, 2.05) is 18.2 Å². The van der Waals surface area contributed by atoms with Gasteiger partial charge in [-0.2, -0.15) is 0 Å². The van der Waals surface area contributed by atoms with Crippen LogP contribution in [0.3, 0.4) is 0 Å². The Hall–Kier alpha value is -3.09. The number of hydrogen-bond acceptors (Lipinski definition) is 3. The number of aromatic amines is 2. The Kier molecular flexibility index (Phi) is 4.60. The smallest absolute Gasteiger partial charge is 0.323 e. The first kappa shape index (κ1) is 15.8. The number of benzene rings is 2. The number of carbonyl (C=O) groups excluding carboxylic acids is 1. The minimum atomic E-state index is -0.411. The molecule has 3 N–H and O–H groups in total. The maximum absolute atomic E-state index is 13.0. The van der Waals surface area contributed by atoms with Crippen LogP contribution in [0.25, 0.3) is 11.0 Å². The molecule has 7 heteroatoms. The molecule has 1 aromatic heterocycles. The number of hydrogen-bond donors (Lipinski definition) is 3. The van der Waals surface area contributed by atoms with E-state index < -0.39 is 5.82 Å². The zero-order chi connectivity index (χ0) is 16.9. The molecule has 24 heavy (non-hydrogen) atoms. The van der Waals surface area contributed by atoms with Crippen LogP contribution in [-0.2, 0) is 11.2 Å². The first-order valence-electron chi connectivity index (χ1n) is 7.46. The molecule has 124 valence electrons. The van der Waals surface area contributed by atoms with E-state index in [9.17, 15) is 14.0 Å². The molecule has 3 rings (SSSR count). The van der Waals surface area contributed by atoms with Gasteiger partial charge in [0.1, 0.15) is 11.6 Å². The van der Waals surface area contributed by atoms with Crippen LogP contribution in [0, 0.1) is 5.82 Å². The molecule has 0 spiro atoms. The number of carbonyl (C=O) groups is 1. The summed E-state index contributed by atoms with van der Waals surface area (Å²) in [6, 6.07) is 11.2. The molecule has 0 unspecified atom stereocenters. The second kappa shape index (κ2) is 6.99. The molecule has 0 aliphatic carbocycles. The van der Waals surface area contributed by atoms with Crippen molar-refractivity contribution in [2.75, 3.05) is 13.2 Å². The van der Waals surface area contributed by atoms with Gasteiger partial charge in [0, 0.05) is 12.6 Å². The molecule has 0 aliphatic rings. The minimum absolute atomic E-state index is 0.173. The number of aromatic nitrogens is 2. The number of fused-ring (bicyclic) bond motifs is 1. The Labute approximate surface area is 136 Å². The molecule has 0 saturated heterocycles. The maximum atomic E-state index is 13.0. The summed E-state index contributed by atoms with van der Waals surface area (Å²) in [6.45, 7) is 0.263. The van der Waals surface area contributed by atoms with Crippen LogP contribution in [0.15, 0.2) is 47.3 Å². The molecule has 0 radical (unpaired) electrons. The number of ether oxygens (including phenoxy) is 1. The van der Waals surface area contributed by atoms with E-state index in [2.05, 4.69) is 15.3 Å². The van der Waals surface area contributed by atoms with Gasteiger partial charge in [-0.1, -0.05) is 12.1 Å². The average molecular weight is 329 g/mol. The molecule has 0 saturated carbocycles. The predicted octanol–water partition coefficient (Wildman–Crippen LogP) is 1.73. The normalized spacial score (nSPS) is 10.7. The van der Waals surface area contributed by atoms with Crippen molar-refractivity contribution < 1.29 is 13.9 Å². The van der Waals surface area contributed by atoms with E-state index in [0.29, 0.717) is 18.7 Å². The lowest BCUT2D eigenvalue weighted by Gasteiger charge is -2.07. The summed E-state index contributed by atoms with van der Waals surface area (Å²) in [5.41, 5.74) is 2.23. The standard InChI is InChI=1S/C17H16FN3O3/c18-12-2-1-3-13(9-12)24-10-16(22)19-7-6-11-4-5-14-15(8-11)21-17(23)20-14/h1-5,8-9H,6-7,10H2,(H,19,22)(H2,20,21,23). The number of rotatable bonds is 6. The monoisotopic (exact) mass is 329 g/mol. The van der Waals surface area contributed by atoms with Crippen molar-refractivity contribution in [3.8, 4) is 5.75 Å². The predicted molar refractivity (Wildman–Crippen MR) is 87.5 cm³/mol.